The van der Waals surface area contributed by atoms with Crippen molar-refractivity contribution in [2.75, 3.05) is 19.6 Å². The fourth-order valence-corrected chi connectivity index (χ4v) is 2.31. The Morgan fingerprint density at radius 1 is 0.556 bits per heavy atom. The van der Waals surface area contributed by atoms with E-state index in [0.29, 0.717) is 12.8 Å². The van der Waals surface area contributed by atoms with Gasteiger partial charge in [-0.2, -0.15) is 0 Å². The molecule has 0 bridgehead atoms. The van der Waals surface area contributed by atoms with Crippen molar-refractivity contribution in [2.45, 2.75) is 65.2 Å². The quantitative estimate of drug-likeness (QED) is 0.399. The second kappa shape index (κ2) is 13.9. The fraction of sp³-hybridized carbons (Fsp3) is 0.684. The van der Waals surface area contributed by atoms with Crippen molar-refractivity contribution >= 4 is 34.9 Å². The van der Waals surface area contributed by atoms with Crippen molar-refractivity contribution in [1.82, 2.24) is 4.90 Å². The third kappa shape index (κ3) is 13.6. The standard InChI is InChI=1S/C19H29NO7/c1-3-14(21)5-7-16(23)11-20(13-18(25)9-10-19(26)27)12-17(24)8-6-15(22)4-2/h3-13H2,1-2H3,(H,26,27). The number of carboxylic acid groups (broad SMARTS) is 1. The number of rotatable bonds is 17. The zero-order valence-corrected chi connectivity index (χ0v) is 16.1. The summed E-state index contributed by atoms with van der Waals surface area (Å²) in [7, 11) is 0. The first-order chi connectivity index (χ1) is 12.7. The van der Waals surface area contributed by atoms with E-state index < -0.39 is 5.97 Å². The lowest BCUT2D eigenvalue weighted by atomic mass is 10.1. The summed E-state index contributed by atoms with van der Waals surface area (Å²) in [6.07, 6.45) is 0.499. The van der Waals surface area contributed by atoms with Gasteiger partial charge in [0.15, 0.2) is 0 Å². The van der Waals surface area contributed by atoms with Crippen LogP contribution in [-0.4, -0.2) is 64.5 Å². The van der Waals surface area contributed by atoms with Crippen LogP contribution in [0.25, 0.3) is 0 Å². The molecule has 0 aliphatic rings. The number of Topliss-reactive ketones (excluding diaryl/α,β-unsaturated/α-hetero) is 5. The second-order valence-corrected chi connectivity index (χ2v) is 6.44. The molecule has 0 radical (unpaired) electrons. The summed E-state index contributed by atoms with van der Waals surface area (Å²) in [4.78, 5) is 70.6. The molecular weight excluding hydrogens is 354 g/mol. The molecule has 0 aliphatic heterocycles. The van der Waals surface area contributed by atoms with Crippen molar-refractivity contribution in [3.05, 3.63) is 0 Å². The summed E-state index contributed by atoms with van der Waals surface area (Å²) in [5.74, 6) is -2.09. The monoisotopic (exact) mass is 383 g/mol. The molecule has 0 aromatic heterocycles. The number of hydrogen-bond donors (Lipinski definition) is 1. The van der Waals surface area contributed by atoms with Crippen LogP contribution in [0.5, 0.6) is 0 Å². The fourth-order valence-electron chi connectivity index (χ4n) is 2.31. The second-order valence-electron chi connectivity index (χ2n) is 6.44. The highest BCUT2D eigenvalue weighted by Crippen LogP contribution is 2.03. The average molecular weight is 383 g/mol. The molecule has 0 heterocycles. The molecule has 1 N–H and O–H groups in total. The molecule has 0 amide bonds. The molecule has 8 heteroatoms. The highest BCUT2D eigenvalue weighted by atomic mass is 16.4. The third-order valence-corrected chi connectivity index (χ3v) is 3.97. The first-order valence-corrected chi connectivity index (χ1v) is 9.20. The Morgan fingerprint density at radius 2 is 0.852 bits per heavy atom. The van der Waals surface area contributed by atoms with E-state index in [-0.39, 0.29) is 87.1 Å². The van der Waals surface area contributed by atoms with E-state index in [2.05, 4.69) is 0 Å². The summed E-state index contributed by atoms with van der Waals surface area (Å²) in [6, 6.07) is 0. The van der Waals surface area contributed by atoms with Crippen LogP contribution in [0, 0.1) is 0 Å². The molecule has 0 saturated carbocycles. The summed E-state index contributed by atoms with van der Waals surface area (Å²) < 4.78 is 0. The normalized spacial score (nSPS) is 10.6. The van der Waals surface area contributed by atoms with Crippen molar-refractivity contribution in [3.63, 3.8) is 0 Å². The van der Waals surface area contributed by atoms with Crippen LogP contribution in [0.4, 0.5) is 0 Å². The zero-order chi connectivity index (χ0) is 20.8. The molecule has 0 rings (SSSR count). The van der Waals surface area contributed by atoms with Gasteiger partial charge in [-0.15, -0.1) is 0 Å². The minimum atomic E-state index is -1.10. The van der Waals surface area contributed by atoms with E-state index in [9.17, 15) is 28.8 Å². The molecule has 8 nitrogen and oxygen atoms in total. The Hall–Kier alpha value is -2.22. The number of nitrogens with zero attached hydrogens (tertiary/aromatic N) is 1. The van der Waals surface area contributed by atoms with Crippen molar-refractivity contribution in [2.24, 2.45) is 0 Å². The van der Waals surface area contributed by atoms with E-state index in [1.807, 2.05) is 0 Å². The van der Waals surface area contributed by atoms with Gasteiger partial charge in [-0.1, -0.05) is 13.8 Å². The lowest BCUT2D eigenvalue weighted by Crippen LogP contribution is -2.38. The maximum absolute atomic E-state index is 12.1. The maximum Gasteiger partial charge on any atom is 0.303 e. The van der Waals surface area contributed by atoms with E-state index in [0.717, 1.165) is 0 Å². The molecule has 27 heavy (non-hydrogen) atoms. The van der Waals surface area contributed by atoms with Gasteiger partial charge in [-0.05, 0) is 0 Å². The van der Waals surface area contributed by atoms with Crippen molar-refractivity contribution in [1.29, 1.82) is 0 Å². The van der Waals surface area contributed by atoms with Gasteiger partial charge in [0.2, 0.25) is 0 Å². The van der Waals surface area contributed by atoms with E-state index >= 15 is 0 Å². The Bertz CT molecular complexity index is 534. The number of carbonyl (C=O) groups excluding carboxylic acids is 5. The minimum Gasteiger partial charge on any atom is -0.481 e. The summed E-state index contributed by atoms with van der Waals surface area (Å²) in [6.45, 7) is 2.87. The summed E-state index contributed by atoms with van der Waals surface area (Å²) in [5, 5.41) is 8.64. The van der Waals surface area contributed by atoms with Crippen LogP contribution in [-0.2, 0) is 28.8 Å². The first-order valence-electron chi connectivity index (χ1n) is 9.20. The van der Waals surface area contributed by atoms with E-state index in [4.69, 9.17) is 5.11 Å². The topological polar surface area (TPSA) is 126 Å². The number of hydrogen-bond acceptors (Lipinski definition) is 7. The molecular formula is C19H29NO7. The van der Waals surface area contributed by atoms with Crippen LogP contribution in [0.15, 0.2) is 0 Å². The predicted molar refractivity (Wildman–Crippen MR) is 97.4 cm³/mol. The van der Waals surface area contributed by atoms with Crippen LogP contribution in [0.3, 0.4) is 0 Å². The van der Waals surface area contributed by atoms with Crippen LogP contribution >= 0.6 is 0 Å². The molecule has 0 aromatic rings. The summed E-state index contributed by atoms with van der Waals surface area (Å²) >= 11 is 0. The Kier molecular flexibility index (Phi) is 12.8. The average Bonchev–Trinajstić information content (AvgIpc) is 2.62. The highest BCUT2D eigenvalue weighted by Gasteiger charge is 2.19. The zero-order valence-electron chi connectivity index (χ0n) is 16.1. The number of ketones is 5. The lowest BCUT2D eigenvalue weighted by Gasteiger charge is -2.20. The molecule has 0 saturated heterocycles. The first kappa shape index (κ1) is 24.8. The smallest absolute Gasteiger partial charge is 0.303 e. The third-order valence-electron chi connectivity index (χ3n) is 3.97. The number of aliphatic carboxylic acids is 1. The van der Waals surface area contributed by atoms with Crippen LogP contribution < -0.4 is 0 Å². The molecule has 152 valence electrons. The van der Waals surface area contributed by atoms with Gasteiger partial charge in [-0.3, -0.25) is 33.7 Å². The molecule has 0 spiro atoms. The van der Waals surface area contributed by atoms with Gasteiger partial charge >= 0.3 is 5.97 Å². The van der Waals surface area contributed by atoms with Gasteiger partial charge in [0, 0.05) is 44.9 Å². The van der Waals surface area contributed by atoms with Gasteiger partial charge < -0.3 is 5.11 Å². The van der Waals surface area contributed by atoms with Gasteiger partial charge in [0.25, 0.3) is 0 Å². The molecule has 0 aromatic carbocycles. The van der Waals surface area contributed by atoms with Crippen molar-refractivity contribution < 1.29 is 33.9 Å². The van der Waals surface area contributed by atoms with Gasteiger partial charge in [-0.25, -0.2) is 0 Å². The Morgan fingerprint density at radius 3 is 1.15 bits per heavy atom. The predicted octanol–water partition coefficient (Wildman–Crippen LogP) is 1.38. The van der Waals surface area contributed by atoms with Gasteiger partial charge in [0.1, 0.15) is 28.9 Å². The Labute approximate surface area is 159 Å². The molecule has 0 atom stereocenters. The SMILES string of the molecule is CCC(=O)CCC(=O)CN(CC(=O)CCC(=O)O)CC(=O)CCC(=O)CC. The van der Waals surface area contributed by atoms with Crippen molar-refractivity contribution in [3.8, 4) is 0 Å². The maximum atomic E-state index is 12.1. The molecule has 0 aliphatic carbocycles. The highest BCUT2D eigenvalue weighted by molar-refractivity contribution is 5.90. The summed E-state index contributed by atoms with van der Waals surface area (Å²) in [5.41, 5.74) is 0. The Balaban J connectivity index is 4.72. The lowest BCUT2D eigenvalue weighted by molar-refractivity contribution is -0.139. The molecule has 0 fully saturated rings. The minimum absolute atomic E-state index is 0.0367. The van der Waals surface area contributed by atoms with Crippen LogP contribution in [0.1, 0.15) is 65.2 Å². The number of carboxylic acids is 1. The molecule has 0 unspecified atom stereocenters. The number of carbonyl (C=O) groups is 6. The largest absolute Gasteiger partial charge is 0.481 e. The van der Waals surface area contributed by atoms with Crippen LogP contribution in [0.2, 0.25) is 0 Å². The van der Waals surface area contributed by atoms with E-state index in [1.165, 1.54) is 4.90 Å². The van der Waals surface area contributed by atoms with E-state index in [1.54, 1.807) is 13.8 Å². The van der Waals surface area contributed by atoms with Gasteiger partial charge in [0.05, 0.1) is 26.1 Å².